The van der Waals surface area contributed by atoms with E-state index in [2.05, 4.69) is 6.92 Å². The quantitative estimate of drug-likeness (QED) is 0.472. The predicted octanol–water partition coefficient (Wildman–Crippen LogP) is 7.25. The fraction of sp³-hybridized carbons (Fsp3) is 1.00. The van der Waals surface area contributed by atoms with Gasteiger partial charge < -0.3 is 4.74 Å². The van der Waals surface area contributed by atoms with E-state index in [0.717, 1.165) is 67.5 Å². The second-order valence-electron chi connectivity index (χ2n) is 8.33. The molecule has 3 fully saturated rings. The van der Waals surface area contributed by atoms with Gasteiger partial charge in [-0.2, -0.15) is 13.2 Å². The Hall–Kier alpha value is 0.450. The molecule has 152 valence electrons. The van der Waals surface area contributed by atoms with Crippen molar-refractivity contribution in [3.63, 3.8) is 0 Å². The molecule has 1 nitrogen and oxygen atoms in total. The van der Waals surface area contributed by atoms with Crippen LogP contribution in [-0.2, 0) is 4.74 Å². The zero-order chi connectivity index (χ0) is 18.6. The maximum absolute atomic E-state index is 13.7. The number of hydrogen-bond donors (Lipinski definition) is 0. The van der Waals surface area contributed by atoms with Crippen LogP contribution in [0.5, 0.6) is 0 Å². The lowest BCUT2D eigenvalue weighted by Crippen LogP contribution is -2.47. The molecule has 1 saturated heterocycles. The van der Waals surface area contributed by atoms with Gasteiger partial charge in [-0.1, -0.05) is 32.6 Å². The molecule has 0 N–H and O–H groups in total. The van der Waals surface area contributed by atoms with Crippen LogP contribution in [0.25, 0.3) is 0 Å². The normalized spacial score (nSPS) is 36.0. The lowest BCUT2D eigenvalue weighted by molar-refractivity contribution is -0.219. The lowest BCUT2D eigenvalue weighted by atomic mass is 9.70. The van der Waals surface area contributed by atoms with Gasteiger partial charge in [0.05, 0.1) is 6.10 Å². The SMILES string of the molecule is CCCC1CCC(C2CCC(OC3(C(F)(F)F)SCCCS3)CC2)CC1. The first-order valence-corrected chi connectivity index (χ1v) is 12.4. The van der Waals surface area contributed by atoms with Gasteiger partial charge in [0.1, 0.15) is 0 Å². The Balaban J connectivity index is 1.47. The first kappa shape index (κ1) is 21.2. The maximum atomic E-state index is 13.7. The largest absolute Gasteiger partial charge is 0.437 e. The minimum absolute atomic E-state index is 0.220. The van der Waals surface area contributed by atoms with Gasteiger partial charge in [0.2, 0.25) is 0 Å². The van der Waals surface area contributed by atoms with Crippen molar-refractivity contribution in [2.45, 2.75) is 94.1 Å². The van der Waals surface area contributed by atoms with Crippen molar-refractivity contribution in [1.29, 1.82) is 0 Å². The third-order valence-electron chi connectivity index (χ3n) is 6.52. The minimum atomic E-state index is -4.29. The van der Waals surface area contributed by atoms with Crippen LogP contribution in [0.15, 0.2) is 0 Å². The second-order valence-corrected chi connectivity index (χ2v) is 11.1. The zero-order valence-corrected chi connectivity index (χ0v) is 17.5. The summed E-state index contributed by atoms with van der Waals surface area (Å²) in [5, 5.41) is 0. The molecule has 0 bridgehead atoms. The number of halogens is 3. The van der Waals surface area contributed by atoms with Gasteiger partial charge in [-0.05, 0) is 74.2 Å². The second kappa shape index (κ2) is 9.30. The first-order chi connectivity index (χ1) is 12.4. The van der Waals surface area contributed by atoms with Crippen LogP contribution in [0.4, 0.5) is 13.2 Å². The van der Waals surface area contributed by atoms with Crippen LogP contribution in [0.2, 0.25) is 0 Å². The van der Waals surface area contributed by atoms with Crippen molar-refractivity contribution in [2.75, 3.05) is 11.5 Å². The van der Waals surface area contributed by atoms with E-state index in [1.54, 1.807) is 0 Å². The van der Waals surface area contributed by atoms with E-state index < -0.39 is 10.4 Å². The van der Waals surface area contributed by atoms with Crippen molar-refractivity contribution in [1.82, 2.24) is 0 Å². The molecule has 0 unspecified atom stereocenters. The fourth-order valence-electron chi connectivity index (χ4n) is 5.07. The summed E-state index contributed by atoms with van der Waals surface area (Å²) < 4.78 is 44.7. The van der Waals surface area contributed by atoms with Gasteiger partial charge in [-0.25, -0.2) is 0 Å². The maximum Gasteiger partial charge on any atom is 0.437 e. The highest BCUT2D eigenvalue weighted by Crippen LogP contribution is 2.55. The minimum Gasteiger partial charge on any atom is -0.344 e. The Kier molecular flexibility index (Phi) is 7.57. The van der Waals surface area contributed by atoms with E-state index in [0.29, 0.717) is 17.4 Å². The van der Waals surface area contributed by atoms with Gasteiger partial charge in [-0.3, -0.25) is 0 Å². The molecule has 0 atom stereocenters. The molecule has 26 heavy (non-hydrogen) atoms. The standard InChI is InChI=1S/C20H33F3OS2/c1-2-4-15-5-7-16(8-6-15)17-9-11-18(12-10-17)24-20(19(21,22)23)25-13-3-14-26-20/h15-18H,2-14H2,1H3. The fourth-order valence-corrected chi connectivity index (χ4v) is 7.93. The van der Waals surface area contributed by atoms with Gasteiger partial charge >= 0.3 is 6.18 Å². The smallest absolute Gasteiger partial charge is 0.344 e. The van der Waals surface area contributed by atoms with Crippen LogP contribution in [-0.4, -0.2) is 28.1 Å². The summed E-state index contributed by atoms with van der Waals surface area (Å²) in [7, 11) is 0. The monoisotopic (exact) mass is 410 g/mol. The molecular weight excluding hydrogens is 377 g/mol. The number of rotatable bonds is 5. The van der Waals surface area contributed by atoms with Crippen LogP contribution in [0.1, 0.15) is 77.6 Å². The van der Waals surface area contributed by atoms with Crippen LogP contribution in [0, 0.1) is 17.8 Å². The molecule has 1 heterocycles. The van der Waals surface area contributed by atoms with E-state index in [-0.39, 0.29) is 6.10 Å². The summed E-state index contributed by atoms with van der Waals surface area (Å²) in [6.45, 7) is 2.27. The zero-order valence-electron chi connectivity index (χ0n) is 15.9. The van der Waals surface area contributed by atoms with E-state index in [1.807, 2.05) is 0 Å². The highest BCUT2D eigenvalue weighted by molar-refractivity contribution is 8.18. The molecule has 0 spiro atoms. The molecule has 0 aromatic heterocycles. The molecule has 3 rings (SSSR count). The van der Waals surface area contributed by atoms with Crippen molar-refractivity contribution in [3.05, 3.63) is 0 Å². The molecular formula is C20H33F3OS2. The van der Waals surface area contributed by atoms with Crippen molar-refractivity contribution < 1.29 is 17.9 Å². The van der Waals surface area contributed by atoms with Crippen LogP contribution in [0.3, 0.4) is 0 Å². The summed E-state index contributed by atoms with van der Waals surface area (Å²) in [5.74, 6) is 3.53. The highest BCUT2D eigenvalue weighted by Gasteiger charge is 2.59. The number of thioether (sulfide) groups is 2. The molecule has 0 radical (unpaired) electrons. The Morgan fingerprint density at radius 1 is 0.885 bits per heavy atom. The number of ether oxygens (including phenoxy) is 1. The summed E-state index contributed by atoms with van der Waals surface area (Å²) in [4.78, 5) is 0. The topological polar surface area (TPSA) is 9.23 Å². The van der Waals surface area contributed by atoms with Gasteiger partial charge in [0, 0.05) is 0 Å². The van der Waals surface area contributed by atoms with E-state index in [9.17, 15) is 13.2 Å². The van der Waals surface area contributed by atoms with Crippen LogP contribution >= 0.6 is 23.5 Å². The molecule has 0 aromatic rings. The third kappa shape index (κ3) is 5.08. The predicted molar refractivity (Wildman–Crippen MR) is 106 cm³/mol. The summed E-state index contributed by atoms with van der Waals surface area (Å²) >= 11 is 1.92. The van der Waals surface area contributed by atoms with Gasteiger partial charge in [0.25, 0.3) is 4.27 Å². The average Bonchev–Trinajstić information content (AvgIpc) is 2.63. The van der Waals surface area contributed by atoms with Crippen molar-refractivity contribution >= 4 is 23.5 Å². The summed E-state index contributed by atoms with van der Waals surface area (Å²) in [5.41, 5.74) is 0. The molecule has 2 saturated carbocycles. The highest BCUT2D eigenvalue weighted by atomic mass is 32.2. The third-order valence-corrected chi connectivity index (χ3v) is 9.62. The Morgan fingerprint density at radius 3 is 1.92 bits per heavy atom. The Bertz CT molecular complexity index is 421. The number of hydrogen-bond acceptors (Lipinski definition) is 3. The van der Waals surface area contributed by atoms with E-state index in [1.165, 1.54) is 38.5 Å². The van der Waals surface area contributed by atoms with E-state index >= 15 is 0 Å². The Labute approximate surface area is 165 Å². The average molecular weight is 411 g/mol. The summed E-state index contributed by atoms with van der Waals surface area (Å²) in [6.07, 6.45) is 8.07. The molecule has 3 aliphatic rings. The lowest BCUT2D eigenvalue weighted by Gasteiger charge is -2.42. The molecule has 0 amide bonds. The molecule has 0 aromatic carbocycles. The van der Waals surface area contributed by atoms with Crippen LogP contribution < -0.4 is 0 Å². The number of alkyl halides is 3. The van der Waals surface area contributed by atoms with E-state index in [4.69, 9.17) is 4.74 Å². The van der Waals surface area contributed by atoms with Gasteiger partial charge in [-0.15, -0.1) is 23.5 Å². The van der Waals surface area contributed by atoms with Crippen molar-refractivity contribution in [2.24, 2.45) is 17.8 Å². The van der Waals surface area contributed by atoms with Crippen molar-refractivity contribution in [3.8, 4) is 0 Å². The summed E-state index contributed by atoms with van der Waals surface area (Å²) in [6, 6.07) is 0. The Morgan fingerprint density at radius 2 is 1.42 bits per heavy atom. The molecule has 6 heteroatoms. The molecule has 2 aliphatic carbocycles. The first-order valence-electron chi connectivity index (χ1n) is 10.5. The molecule has 1 aliphatic heterocycles. The van der Waals surface area contributed by atoms with Gasteiger partial charge in [0.15, 0.2) is 0 Å².